The molecule has 0 saturated carbocycles. The van der Waals surface area contributed by atoms with Crippen LogP contribution in [-0.4, -0.2) is 22.9 Å². The summed E-state index contributed by atoms with van der Waals surface area (Å²) < 4.78 is 5.66. The van der Waals surface area contributed by atoms with Gasteiger partial charge in [0.2, 0.25) is 0 Å². The maximum absolute atomic E-state index is 12.1. The van der Waals surface area contributed by atoms with E-state index in [9.17, 15) is 14.4 Å². The van der Waals surface area contributed by atoms with Gasteiger partial charge in [0.05, 0.1) is 0 Å². The molecule has 0 aliphatic rings. The Kier molecular flexibility index (Phi) is 5.82. The zero-order valence-corrected chi connectivity index (χ0v) is 14.7. The minimum atomic E-state index is -0.868. The minimum Gasteiger partial charge on any atom is -0.480 e. The Balaban J connectivity index is 1.98. The summed E-state index contributed by atoms with van der Waals surface area (Å²) >= 11 is 5.97. The molecule has 0 fully saturated rings. The van der Waals surface area contributed by atoms with Crippen molar-refractivity contribution in [3.05, 3.63) is 62.5 Å². The van der Waals surface area contributed by atoms with E-state index in [4.69, 9.17) is 16.3 Å². The molecule has 2 amide bonds. The number of carbonyl (C=O) groups is 2. The Bertz CT molecular complexity index is 840. The van der Waals surface area contributed by atoms with Crippen LogP contribution < -0.4 is 21.1 Å². The van der Waals surface area contributed by atoms with Gasteiger partial charge in [-0.05, 0) is 56.2 Å². The van der Waals surface area contributed by atoms with Crippen molar-refractivity contribution in [1.29, 1.82) is 0 Å². The van der Waals surface area contributed by atoms with Gasteiger partial charge in [0, 0.05) is 11.2 Å². The summed E-state index contributed by atoms with van der Waals surface area (Å²) in [5.74, 6) is -0.728. The van der Waals surface area contributed by atoms with Gasteiger partial charge in [-0.3, -0.25) is 25.2 Å². The fourth-order valence-corrected chi connectivity index (χ4v) is 2.53. The number of ether oxygens (including phenoxy) is 1. The van der Waals surface area contributed by atoms with E-state index in [-0.39, 0.29) is 5.56 Å². The second-order valence-electron chi connectivity index (χ2n) is 5.49. The maximum atomic E-state index is 12.1. The molecule has 1 atom stereocenters. The second kappa shape index (κ2) is 7.85. The second-order valence-corrected chi connectivity index (χ2v) is 5.92. The SMILES string of the molecule is Cc1cc(Cl)cc(C)c1OC(C)C(=O)NNC(=O)c1ccc[nH]c1=O. The van der Waals surface area contributed by atoms with Crippen LogP contribution in [0.1, 0.15) is 28.4 Å². The van der Waals surface area contributed by atoms with Gasteiger partial charge >= 0.3 is 0 Å². The maximum Gasteiger partial charge on any atom is 0.279 e. The van der Waals surface area contributed by atoms with Gasteiger partial charge in [0.1, 0.15) is 11.3 Å². The molecular weight excluding hydrogens is 346 g/mol. The van der Waals surface area contributed by atoms with Crippen molar-refractivity contribution in [2.75, 3.05) is 0 Å². The summed E-state index contributed by atoms with van der Waals surface area (Å²) in [6.45, 7) is 5.19. The molecule has 0 bridgehead atoms. The minimum absolute atomic E-state index is 0.110. The number of pyridine rings is 1. The predicted molar refractivity (Wildman–Crippen MR) is 93.7 cm³/mol. The van der Waals surface area contributed by atoms with Gasteiger partial charge in [-0.25, -0.2) is 0 Å². The quantitative estimate of drug-likeness (QED) is 0.722. The number of hydrogen-bond donors (Lipinski definition) is 3. The van der Waals surface area contributed by atoms with Crippen LogP contribution in [0, 0.1) is 13.8 Å². The lowest BCUT2D eigenvalue weighted by Crippen LogP contribution is -2.48. The van der Waals surface area contributed by atoms with Crippen molar-refractivity contribution in [3.63, 3.8) is 0 Å². The van der Waals surface area contributed by atoms with Crippen LogP contribution >= 0.6 is 11.6 Å². The highest BCUT2D eigenvalue weighted by atomic mass is 35.5. The number of hydrazine groups is 1. The zero-order valence-electron chi connectivity index (χ0n) is 14.0. The van der Waals surface area contributed by atoms with E-state index < -0.39 is 23.5 Å². The predicted octanol–water partition coefficient (Wildman–Crippen LogP) is 1.87. The van der Waals surface area contributed by atoms with Crippen molar-refractivity contribution in [3.8, 4) is 5.75 Å². The number of amides is 2. The van der Waals surface area contributed by atoms with Crippen LogP contribution in [0.3, 0.4) is 0 Å². The molecule has 1 heterocycles. The molecule has 1 aromatic carbocycles. The highest BCUT2D eigenvalue weighted by Gasteiger charge is 2.18. The first-order chi connectivity index (χ1) is 11.8. The number of aryl methyl sites for hydroxylation is 2. The Hall–Kier alpha value is -2.80. The molecule has 0 aliphatic carbocycles. The van der Waals surface area contributed by atoms with Crippen LogP contribution in [0.15, 0.2) is 35.3 Å². The van der Waals surface area contributed by atoms with E-state index >= 15 is 0 Å². The first kappa shape index (κ1) is 18.5. The molecule has 0 aliphatic heterocycles. The number of rotatable bonds is 4. The molecular formula is C17H18ClN3O4. The van der Waals surface area contributed by atoms with Crippen LogP contribution in [0.2, 0.25) is 5.02 Å². The van der Waals surface area contributed by atoms with Crippen molar-refractivity contribution >= 4 is 23.4 Å². The molecule has 1 unspecified atom stereocenters. The number of carbonyl (C=O) groups excluding carboxylic acids is 2. The van der Waals surface area contributed by atoms with Crippen LogP contribution in [0.25, 0.3) is 0 Å². The molecule has 0 radical (unpaired) electrons. The Morgan fingerprint density at radius 2 is 1.84 bits per heavy atom. The third-order valence-corrected chi connectivity index (χ3v) is 3.67. The molecule has 25 heavy (non-hydrogen) atoms. The lowest BCUT2D eigenvalue weighted by atomic mass is 10.1. The summed E-state index contributed by atoms with van der Waals surface area (Å²) in [6.07, 6.45) is 0.539. The largest absolute Gasteiger partial charge is 0.480 e. The van der Waals surface area contributed by atoms with E-state index in [2.05, 4.69) is 15.8 Å². The summed E-state index contributed by atoms with van der Waals surface area (Å²) in [4.78, 5) is 37.9. The van der Waals surface area contributed by atoms with Crippen LogP contribution in [-0.2, 0) is 4.79 Å². The first-order valence-corrected chi connectivity index (χ1v) is 7.88. The van der Waals surface area contributed by atoms with Gasteiger partial charge in [-0.1, -0.05) is 11.6 Å². The number of benzene rings is 1. The summed E-state index contributed by atoms with van der Waals surface area (Å²) in [5, 5.41) is 0.583. The van der Waals surface area contributed by atoms with E-state index in [1.54, 1.807) is 19.1 Å². The smallest absolute Gasteiger partial charge is 0.279 e. The Morgan fingerprint density at radius 1 is 1.20 bits per heavy atom. The normalized spacial score (nSPS) is 11.5. The standard InChI is InChI=1S/C17H18ClN3O4/c1-9-7-12(18)8-10(2)14(9)25-11(3)15(22)20-21-17(24)13-5-4-6-19-16(13)23/h4-8,11H,1-3H3,(H,19,23)(H,20,22)(H,21,24). The van der Waals surface area contributed by atoms with Crippen molar-refractivity contribution in [1.82, 2.24) is 15.8 Å². The van der Waals surface area contributed by atoms with E-state index in [1.807, 2.05) is 13.8 Å². The molecule has 2 rings (SSSR count). The number of aromatic nitrogens is 1. The van der Waals surface area contributed by atoms with E-state index in [1.165, 1.54) is 18.3 Å². The molecule has 0 spiro atoms. The summed E-state index contributed by atoms with van der Waals surface area (Å²) in [6, 6.07) is 6.33. The highest BCUT2D eigenvalue weighted by molar-refractivity contribution is 6.30. The van der Waals surface area contributed by atoms with Crippen molar-refractivity contribution < 1.29 is 14.3 Å². The average molecular weight is 364 g/mol. The molecule has 2 aromatic rings. The van der Waals surface area contributed by atoms with Gasteiger partial charge in [-0.15, -0.1) is 0 Å². The summed E-state index contributed by atoms with van der Waals surface area (Å²) in [5.41, 5.74) is 5.35. The third kappa shape index (κ3) is 4.60. The molecule has 8 heteroatoms. The summed E-state index contributed by atoms with van der Waals surface area (Å²) in [7, 11) is 0. The topological polar surface area (TPSA) is 100 Å². The number of hydrogen-bond acceptors (Lipinski definition) is 4. The first-order valence-electron chi connectivity index (χ1n) is 7.51. The average Bonchev–Trinajstić information content (AvgIpc) is 2.55. The molecule has 132 valence electrons. The molecule has 1 aromatic heterocycles. The van der Waals surface area contributed by atoms with Crippen molar-refractivity contribution in [2.45, 2.75) is 26.9 Å². The highest BCUT2D eigenvalue weighted by Crippen LogP contribution is 2.27. The molecule has 0 saturated heterocycles. The van der Waals surface area contributed by atoms with Crippen LogP contribution in [0.5, 0.6) is 5.75 Å². The lowest BCUT2D eigenvalue weighted by Gasteiger charge is -2.18. The number of aromatic amines is 1. The Labute approximate surface area is 149 Å². The third-order valence-electron chi connectivity index (χ3n) is 3.45. The fraction of sp³-hybridized carbons (Fsp3) is 0.235. The molecule has 7 nitrogen and oxygen atoms in total. The number of nitrogens with one attached hydrogen (secondary N) is 3. The van der Waals surface area contributed by atoms with Gasteiger partial charge < -0.3 is 9.72 Å². The van der Waals surface area contributed by atoms with E-state index in [0.29, 0.717) is 10.8 Å². The van der Waals surface area contributed by atoms with Crippen LogP contribution in [0.4, 0.5) is 0 Å². The number of H-pyrrole nitrogens is 1. The van der Waals surface area contributed by atoms with Gasteiger partial charge in [0.15, 0.2) is 6.10 Å². The fourth-order valence-electron chi connectivity index (χ4n) is 2.20. The van der Waals surface area contributed by atoms with E-state index in [0.717, 1.165) is 11.1 Å². The zero-order chi connectivity index (χ0) is 18.6. The lowest BCUT2D eigenvalue weighted by molar-refractivity contribution is -0.128. The number of halogens is 1. The monoisotopic (exact) mass is 363 g/mol. The Morgan fingerprint density at radius 3 is 2.44 bits per heavy atom. The van der Waals surface area contributed by atoms with Gasteiger partial charge in [-0.2, -0.15) is 0 Å². The molecule has 3 N–H and O–H groups in total. The van der Waals surface area contributed by atoms with Gasteiger partial charge in [0.25, 0.3) is 17.4 Å². The van der Waals surface area contributed by atoms with Crippen molar-refractivity contribution in [2.24, 2.45) is 0 Å².